The van der Waals surface area contributed by atoms with Crippen LogP contribution in [0.3, 0.4) is 0 Å². The Morgan fingerprint density at radius 1 is 1.24 bits per heavy atom. The van der Waals surface area contributed by atoms with Crippen LogP contribution in [0.4, 0.5) is 0 Å². The Hall–Kier alpha value is -2.28. The number of hydrogen-bond acceptors (Lipinski definition) is 5. The highest BCUT2D eigenvalue weighted by Gasteiger charge is 2.31. The van der Waals surface area contributed by atoms with Gasteiger partial charge in [-0.15, -0.1) is 0 Å². The number of hydrogen-bond donors (Lipinski definition) is 1. The van der Waals surface area contributed by atoms with Crippen molar-refractivity contribution < 1.29 is 22.4 Å². The first-order chi connectivity index (χ1) is 12.0. The highest BCUT2D eigenvalue weighted by molar-refractivity contribution is 7.91. The van der Waals surface area contributed by atoms with E-state index in [1.54, 1.807) is 24.3 Å². The fourth-order valence-electron chi connectivity index (χ4n) is 2.40. The van der Waals surface area contributed by atoms with Crippen molar-refractivity contribution in [3.63, 3.8) is 0 Å². The first-order valence-electron chi connectivity index (χ1n) is 8.17. The predicted molar refractivity (Wildman–Crippen MR) is 94.2 cm³/mol. The third kappa shape index (κ3) is 4.85. The molecule has 136 valence electrons. The zero-order valence-corrected chi connectivity index (χ0v) is 15.2. The van der Waals surface area contributed by atoms with Gasteiger partial charge in [-0.2, -0.15) is 0 Å². The summed E-state index contributed by atoms with van der Waals surface area (Å²) in [6.07, 6.45) is 3.47. The largest absolute Gasteiger partial charge is 0.497 e. The number of ether oxygens (including phenoxy) is 1. The molecule has 0 aliphatic carbocycles. The highest BCUT2D eigenvalue weighted by atomic mass is 32.2. The van der Waals surface area contributed by atoms with Crippen molar-refractivity contribution in [2.24, 2.45) is 0 Å². The van der Waals surface area contributed by atoms with Crippen LogP contribution in [0.5, 0.6) is 5.75 Å². The molecule has 2 aromatic rings. The Morgan fingerprint density at radius 2 is 1.96 bits per heavy atom. The lowest BCUT2D eigenvalue weighted by Crippen LogP contribution is -2.31. The molecule has 0 saturated carbocycles. The van der Waals surface area contributed by atoms with E-state index in [4.69, 9.17) is 9.15 Å². The summed E-state index contributed by atoms with van der Waals surface area (Å²) in [5.74, 6) is 0.705. The molecule has 0 spiro atoms. The number of benzene rings is 1. The maximum absolute atomic E-state index is 13.0. The first-order valence-corrected chi connectivity index (χ1v) is 9.71. The van der Waals surface area contributed by atoms with Gasteiger partial charge in [0, 0.05) is 13.0 Å². The van der Waals surface area contributed by atoms with Crippen LogP contribution >= 0.6 is 0 Å². The third-order valence-corrected chi connectivity index (χ3v) is 5.94. The topological polar surface area (TPSA) is 85.6 Å². The molecule has 0 aliphatic rings. The van der Waals surface area contributed by atoms with E-state index in [0.717, 1.165) is 12.8 Å². The smallest absolute Gasteiger partial charge is 0.220 e. The average molecular weight is 365 g/mol. The summed E-state index contributed by atoms with van der Waals surface area (Å²) in [6, 6.07) is 9.39. The Morgan fingerprint density at radius 3 is 2.52 bits per heavy atom. The number of carbonyl (C=O) groups excluding carboxylic acids is 1. The molecule has 0 bridgehead atoms. The van der Waals surface area contributed by atoms with Crippen molar-refractivity contribution in [2.45, 2.75) is 36.3 Å². The van der Waals surface area contributed by atoms with Gasteiger partial charge in [-0.1, -0.05) is 13.3 Å². The van der Waals surface area contributed by atoms with Crippen molar-refractivity contribution in [1.82, 2.24) is 5.32 Å². The fourth-order valence-corrected chi connectivity index (χ4v) is 3.99. The number of nitrogens with one attached hydrogen (secondary N) is 1. The number of rotatable bonds is 9. The molecule has 25 heavy (non-hydrogen) atoms. The van der Waals surface area contributed by atoms with Gasteiger partial charge in [0.1, 0.15) is 16.8 Å². The summed E-state index contributed by atoms with van der Waals surface area (Å²) in [6.45, 7) is 1.96. The minimum absolute atomic E-state index is 0.0373. The molecule has 1 atom stereocenters. The van der Waals surface area contributed by atoms with E-state index >= 15 is 0 Å². The molecule has 1 unspecified atom stereocenters. The summed E-state index contributed by atoms with van der Waals surface area (Å²) in [7, 11) is -2.21. The van der Waals surface area contributed by atoms with E-state index in [1.807, 2.05) is 6.92 Å². The lowest BCUT2D eigenvalue weighted by molar-refractivity contribution is -0.121. The Bertz CT molecular complexity index is 766. The second-order valence-corrected chi connectivity index (χ2v) is 7.76. The minimum Gasteiger partial charge on any atom is -0.497 e. The molecular weight excluding hydrogens is 342 g/mol. The zero-order valence-electron chi connectivity index (χ0n) is 14.4. The summed E-state index contributed by atoms with van der Waals surface area (Å²) in [4.78, 5) is 12.0. The number of sulfone groups is 1. The van der Waals surface area contributed by atoms with Gasteiger partial charge in [0.2, 0.25) is 5.91 Å². The van der Waals surface area contributed by atoms with E-state index in [1.165, 1.54) is 25.5 Å². The normalized spacial score (nSPS) is 12.6. The van der Waals surface area contributed by atoms with Crippen LogP contribution < -0.4 is 10.1 Å². The Labute approximate surface area is 148 Å². The van der Waals surface area contributed by atoms with Gasteiger partial charge in [-0.25, -0.2) is 8.42 Å². The van der Waals surface area contributed by atoms with E-state index in [9.17, 15) is 13.2 Å². The number of furan rings is 1. The fraction of sp³-hybridized carbons (Fsp3) is 0.389. The molecule has 0 aliphatic heterocycles. The Balaban J connectivity index is 2.23. The minimum atomic E-state index is -3.73. The lowest BCUT2D eigenvalue weighted by Gasteiger charge is -2.17. The lowest BCUT2D eigenvalue weighted by atomic mass is 10.2. The van der Waals surface area contributed by atoms with Crippen LogP contribution in [0.15, 0.2) is 52.0 Å². The van der Waals surface area contributed by atoms with Crippen molar-refractivity contribution in [3.8, 4) is 5.75 Å². The average Bonchev–Trinajstić information content (AvgIpc) is 3.14. The molecule has 1 amide bonds. The molecule has 1 N–H and O–H groups in total. The summed E-state index contributed by atoms with van der Waals surface area (Å²) >= 11 is 0. The van der Waals surface area contributed by atoms with Crippen LogP contribution in [-0.2, 0) is 14.6 Å². The summed E-state index contributed by atoms with van der Waals surface area (Å²) < 4.78 is 36.4. The monoisotopic (exact) mass is 365 g/mol. The standard InChI is InChI=1S/C18H23NO5S/c1-3-4-7-18(20)19-13-17(16-6-5-12-24-16)25(21,22)15-10-8-14(23-2)9-11-15/h5-6,8-12,17H,3-4,7,13H2,1-2H3,(H,19,20). The van der Waals surface area contributed by atoms with Crippen molar-refractivity contribution in [3.05, 3.63) is 48.4 Å². The highest BCUT2D eigenvalue weighted by Crippen LogP contribution is 2.29. The van der Waals surface area contributed by atoms with E-state index in [-0.39, 0.29) is 17.3 Å². The van der Waals surface area contributed by atoms with Crippen LogP contribution in [0, 0.1) is 0 Å². The molecular formula is C18H23NO5S. The van der Waals surface area contributed by atoms with Gasteiger partial charge in [-0.05, 0) is 42.8 Å². The van der Waals surface area contributed by atoms with Crippen molar-refractivity contribution in [1.29, 1.82) is 0 Å². The number of methoxy groups -OCH3 is 1. The van der Waals surface area contributed by atoms with Crippen LogP contribution in [-0.4, -0.2) is 28.0 Å². The predicted octanol–water partition coefficient (Wildman–Crippen LogP) is 3.11. The second-order valence-electron chi connectivity index (χ2n) is 5.63. The van der Waals surface area contributed by atoms with Gasteiger partial charge in [0.05, 0.1) is 18.3 Å². The third-order valence-electron chi connectivity index (χ3n) is 3.87. The van der Waals surface area contributed by atoms with Gasteiger partial charge in [0.15, 0.2) is 9.84 Å². The SMILES string of the molecule is CCCCC(=O)NCC(c1ccco1)S(=O)(=O)c1ccc(OC)cc1. The molecule has 0 radical (unpaired) electrons. The van der Waals surface area contributed by atoms with Gasteiger partial charge < -0.3 is 14.5 Å². The number of carbonyl (C=O) groups is 1. The molecule has 6 nitrogen and oxygen atoms in total. The molecule has 1 aromatic carbocycles. The van der Waals surface area contributed by atoms with Gasteiger partial charge in [-0.3, -0.25) is 4.79 Å². The second kappa shape index (κ2) is 8.71. The van der Waals surface area contributed by atoms with E-state index in [2.05, 4.69) is 5.32 Å². The summed E-state index contributed by atoms with van der Waals surface area (Å²) in [5, 5.41) is 1.72. The first kappa shape index (κ1) is 19.1. The zero-order chi connectivity index (χ0) is 18.3. The van der Waals surface area contributed by atoms with Crippen LogP contribution in [0.1, 0.15) is 37.2 Å². The molecule has 0 saturated heterocycles. The maximum atomic E-state index is 13.0. The quantitative estimate of drug-likeness (QED) is 0.738. The number of unbranched alkanes of at least 4 members (excludes halogenated alkanes) is 1. The van der Waals surface area contributed by atoms with Crippen LogP contribution in [0.25, 0.3) is 0 Å². The van der Waals surface area contributed by atoms with Crippen molar-refractivity contribution >= 4 is 15.7 Å². The van der Waals surface area contributed by atoms with Gasteiger partial charge >= 0.3 is 0 Å². The molecule has 2 rings (SSSR count). The molecule has 1 aromatic heterocycles. The maximum Gasteiger partial charge on any atom is 0.220 e. The van der Waals surface area contributed by atoms with Crippen molar-refractivity contribution in [2.75, 3.05) is 13.7 Å². The Kier molecular flexibility index (Phi) is 6.64. The van der Waals surface area contributed by atoms with E-state index < -0.39 is 15.1 Å². The molecule has 7 heteroatoms. The molecule has 0 fully saturated rings. The molecule has 1 heterocycles. The van der Waals surface area contributed by atoms with Crippen LogP contribution in [0.2, 0.25) is 0 Å². The summed E-state index contributed by atoms with van der Waals surface area (Å²) in [5.41, 5.74) is 0. The van der Waals surface area contributed by atoms with Gasteiger partial charge in [0.25, 0.3) is 0 Å². The number of amides is 1. The van der Waals surface area contributed by atoms with E-state index in [0.29, 0.717) is 17.9 Å².